The number of carbonyl (C=O) groups excluding carboxylic acids is 2. The summed E-state index contributed by atoms with van der Waals surface area (Å²) in [6.45, 7) is -1.17. The molecule has 0 radical (unpaired) electrons. The van der Waals surface area contributed by atoms with Crippen molar-refractivity contribution in [1.29, 1.82) is 0 Å². The molecule has 2 saturated carbocycles. The average molecular weight is 780 g/mol. The van der Waals surface area contributed by atoms with Crippen LogP contribution in [0.3, 0.4) is 0 Å². The van der Waals surface area contributed by atoms with E-state index in [-0.39, 0.29) is 45.6 Å². The molecule has 4 N–H and O–H groups in total. The molecule has 2 aromatic heterocycles. The summed E-state index contributed by atoms with van der Waals surface area (Å²) in [5.41, 5.74) is -1.05. The molecule has 4 aromatic rings. The number of primary amides is 1. The third-order valence-corrected chi connectivity index (χ3v) is 10.00. The van der Waals surface area contributed by atoms with Gasteiger partial charge in [0.1, 0.15) is 41.0 Å². The van der Waals surface area contributed by atoms with E-state index in [1.54, 1.807) is 0 Å². The Morgan fingerprint density at radius 1 is 1.00 bits per heavy atom. The normalized spacial score (nSPS) is 20.6. The number of halogens is 10. The van der Waals surface area contributed by atoms with Gasteiger partial charge in [-0.3, -0.25) is 14.3 Å². The minimum Gasteiger partial charge on any atom is -0.377 e. The number of alkyl halides is 7. The van der Waals surface area contributed by atoms with E-state index in [0.717, 1.165) is 24.3 Å². The molecule has 0 saturated heterocycles. The quantitative estimate of drug-likeness (QED) is 0.136. The third-order valence-electron chi connectivity index (χ3n) is 10.00. The molecule has 2 aromatic carbocycles. The fourth-order valence-corrected chi connectivity index (χ4v) is 7.52. The van der Waals surface area contributed by atoms with Crippen molar-refractivity contribution in [1.82, 2.24) is 20.1 Å². The van der Waals surface area contributed by atoms with Crippen LogP contribution in [0, 0.1) is 35.2 Å². The molecule has 2 amide bonds. The molecule has 0 unspecified atom stereocenters. The Hall–Kier alpha value is -5.44. The van der Waals surface area contributed by atoms with Gasteiger partial charge in [0.25, 0.3) is 17.8 Å². The maximum Gasteiger partial charge on any atom is 0.435 e. The number of fused-ring (bicyclic) bond motifs is 3. The van der Waals surface area contributed by atoms with Gasteiger partial charge in [0.05, 0.1) is 30.1 Å². The summed E-state index contributed by atoms with van der Waals surface area (Å²) in [5, 5.41) is 16.3. The number of pyridine rings is 1. The Balaban J connectivity index is 1.33. The lowest BCUT2D eigenvalue weighted by Crippen LogP contribution is -2.50. The molecule has 55 heavy (non-hydrogen) atoms. The van der Waals surface area contributed by atoms with Crippen molar-refractivity contribution in [2.24, 2.45) is 11.7 Å². The fourth-order valence-electron chi connectivity index (χ4n) is 7.52. The molecular weight excluding hydrogens is 752 g/mol. The van der Waals surface area contributed by atoms with Gasteiger partial charge in [-0.15, -0.1) is 0 Å². The highest BCUT2D eigenvalue weighted by Gasteiger charge is 2.63. The van der Waals surface area contributed by atoms with Crippen molar-refractivity contribution in [3.8, 4) is 23.0 Å². The molecule has 2 heterocycles. The number of aliphatic hydroxyl groups is 1. The zero-order valence-corrected chi connectivity index (χ0v) is 28.1. The highest BCUT2D eigenvalue weighted by molar-refractivity contribution is 5.94. The second-order valence-electron chi connectivity index (χ2n) is 14.0. The van der Waals surface area contributed by atoms with Gasteiger partial charge >= 0.3 is 6.18 Å². The first-order valence-corrected chi connectivity index (χ1v) is 16.7. The lowest BCUT2D eigenvalue weighted by atomic mass is 9.73. The summed E-state index contributed by atoms with van der Waals surface area (Å²) < 4.78 is 144. The molecule has 8 nitrogen and oxygen atoms in total. The van der Waals surface area contributed by atoms with Crippen molar-refractivity contribution in [2.75, 3.05) is 0 Å². The van der Waals surface area contributed by atoms with Gasteiger partial charge in [-0.2, -0.15) is 27.1 Å². The highest BCUT2D eigenvalue weighted by Crippen LogP contribution is 2.64. The van der Waals surface area contributed by atoms with Gasteiger partial charge in [-0.1, -0.05) is 12.0 Å². The van der Waals surface area contributed by atoms with Gasteiger partial charge < -0.3 is 16.2 Å². The van der Waals surface area contributed by atoms with Crippen LogP contribution < -0.4 is 11.1 Å². The van der Waals surface area contributed by atoms with E-state index in [9.17, 15) is 49.8 Å². The zero-order chi connectivity index (χ0) is 39.8. The SMILES string of the molecule is NC(=O)c1cc(-c2ccc(C#CC3(O)CC(F)(F)C3)nc2[C@H](Cc2cc(F)cc(F)c2)NC(=O)Cn2nc(C(F)(F)F)c3c2C(F)(F)[C@@H]2CC[C@H]32)ccc1F. The summed E-state index contributed by atoms with van der Waals surface area (Å²) in [6, 6.07) is 6.49. The minimum absolute atomic E-state index is 0.0200. The third kappa shape index (κ3) is 7.12. The predicted molar refractivity (Wildman–Crippen MR) is 172 cm³/mol. The molecule has 3 atom stereocenters. The Morgan fingerprint density at radius 2 is 1.69 bits per heavy atom. The summed E-state index contributed by atoms with van der Waals surface area (Å²) in [4.78, 5) is 30.2. The van der Waals surface area contributed by atoms with Crippen LogP contribution in [-0.2, 0) is 29.9 Å². The first-order valence-electron chi connectivity index (χ1n) is 16.7. The smallest absolute Gasteiger partial charge is 0.377 e. The second-order valence-corrected chi connectivity index (χ2v) is 14.0. The van der Waals surface area contributed by atoms with Crippen molar-refractivity contribution in [2.45, 2.75) is 74.2 Å². The Kier molecular flexibility index (Phi) is 9.02. The largest absolute Gasteiger partial charge is 0.435 e. The van der Waals surface area contributed by atoms with Crippen LogP contribution in [0.1, 0.15) is 81.9 Å². The summed E-state index contributed by atoms with van der Waals surface area (Å²) in [5.74, 6) is -10.1. The van der Waals surface area contributed by atoms with E-state index < -0.39 is 119 Å². The first-order chi connectivity index (χ1) is 25.6. The predicted octanol–water partition coefficient (Wildman–Crippen LogP) is 6.69. The van der Waals surface area contributed by atoms with Gasteiger partial charge in [0.2, 0.25) is 5.91 Å². The van der Waals surface area contributed by atoms with Crippen LogP contribution in [-0.4, -0.2) is 43.2 Å². The van der Waals surface area contributed by atoms with E-state index in [0.29, 0.717) is 6.07 Å². The number of rotatable bonds is 8. The average Bonchev–Trinajstić information content (AvgIpc) is 3.47. The monoisotopic (exact) mass is 779 g/mol. The number of carbonyl (C=O) groups is 2. The van der Waals surface area contributed by atoms with Crippen LogP contribution in [0.4, 0.5) is 43.9 Å². The van der Waals surface area contributed by atoms with Crippen molar-refractivity contribution in [3.63, 3.8) is 0 Å². The molecule has 0 aliphatic heterocycles. The molecule has 7 rings (SSSR count). The molecule has 0 spiro atoms. The number of nitrogens with one attached hydrogen (secondary N) is 1. The highest BCUT2D eigenvalue weighted by atomic mass is 19.4. The number of amides is 2. The van der Waals surface area contributed by atoms with Crippen LogP contribution in [0.15, 0.2) is 48.5 Å². The zero-order valence-electron chi connectivity index (χ0n) is 28.1. The fraction of sp³-hybridized carbons (Fsp3) is 0.351. The number of aromatic nitrogens is 3. The standard InChI is InChI=1S/C37H27F10N5O3/c38-19-9-17(10-20(39)13-19)11-27(50-28(53)14-52-32-29(31(51-52)37(45,46)47)23-4-5-25(23)36(32,43)44)30-22(18-1-6-26(40)24(12-18)33(48)54)3-2-21(49-30)7-8-34(55)15-35(41,42)16-34/h1-3,6,9-10,12-13,23,25,27,55H,4-5,11,14-16H2,(H2,48,54)(H,50,53)/t23-,25+,27-/m0/s1. The van der Waals surface area contributed by atoms with Gasteiger partial charge in [0.15, 0.2) is 5.69 Å². The molecule has 2 fully saturated rings. The van der Waals surface area contributed by atoms with E-state index in [4.69, 9.17) is 5.73 Å². The van der Waals surface area contributed by atoms with Crippen LogP contribution in [0.25, 0.3) is 11.1 Å². The van der Waals surface area contributed by atoms with Gasteiger partial charge in [0, 0.05) is 23.1 Å². The second kappa shape index (κ2) is 13.1. The molecule has 288 valence electrons. The molecular formula is C37H27F10N5O3. The van der Waals surface area contributed by atoms with Crippen molar-refractivity contribution in [3.05, 3.63) is 105 Å². The molecule has 0 bridgehead atoms. The summed E-state index contributed by atoms with van der Waals surface area (Å²) in [6.07, 6.45) is -7.56. The maximum absolute atomic E-state index is 15.5. The van der Waals surface area contributed by atoms with Crippen LogP contribution in [0.5, 0.6) is 0 Å². The Labute approximate surface area is 304 Å². The maximum atomic E-state index is 15.5. The molecule has 18 heteroatoms. The van der Waals surface area contributed by atoms with Gasteiger partial charge in [-0.05, 0) is 78.6 Å². The molecule has 3 aliphatic carbocycles. The number of benzene rings is 2. The van der Waals surface area contributed by atoms with Crippen molar-refractivity contribution < 1.29 is 58.6 Å². The lowest BCUT2D eigenvalue weighted by Gasteiger charge is -2.39. The number of nitrogens with zero attached hydrogens (tertiary/aromatic N) is 3. The summed E-state index contributed by atoms with van der Waals surface area (Å²) in [7, 11) is 0. The summed E-state index contributed by atoms with van der Waals surface area (Å²) >= 11 is 0. The van der Waals surface area contributed by atoms with E-state index in [2.05, 4.69) is 27.2 Å². The van der Waals surface area contributed by atoms with Gasteiger partial charge in [-0.25, -0.2) is 26.9 Å². The first kappa shape index (κ1) is 37.9. The van der Waals surface area contributed by atoms with E-state index in [1.165, 1.54) is 18.2 Å². The topological polar surface area (TPSA) is 123 Å². The lowest BCUT2D eigenvalue weighted by molar-refractivity contribution is -0.176. The number of nitrogens with two attached hydrogens (primary N) is 1. The van der Waals surface area contributed by atoms with Crippen LogP contribution >= 0.6 is 0 Å². The number of hydrogen-bond donors (Lipinski definition) is 3. The molecule has 3 aliphatic rings. The minimum atomic E-state index is -5.13. The van der Waals surface area contributed by atoms with E-state index in [1.807, 2.05) is 0 Å². The Bertz CT molecular complexity index is 2280. The van der Waals surface area contributed by atoms with Crippen molar-refractivity contribution >= 4 is 11.8 Å². The van der Waals surface area contributed by atoms with E-state index >= 15 is 8.78 Å². The van der Waals surface area contributed by atoms with Crippen LogP contribution in [0.2, 0.25) is 0 Å². The Morgan fingerprint density at radius 3 is 2.29 bits per heavy atom. The number of hydrogen-bond acceptors (Lipinski definition) is 5.